The first-order valence-corrected chi connectivity index (χ1v) is 12.6. The number of sulfonamides is 1. The third-order valence-electron chi connectivity index (χ3n) is 5.76. The van der Waals surface area contributed by atoms with E-state index in [1.807, 2.05) is 18.2 Å². The van der Waals surface area contributed by atoms with Crippen LogP contribution >= 0.6 is 11.6 Å². The van der Waals surface area contributed by atoms with Gasteiger partial charge in [-0.3, -0.25) is 0 Å². The van der Waals surface area contributed by atoms with Crippen LogP contribution < -0.4 is 0 Å². The largest absolute Gasteiger partial charge is 0.476 e. The molecule has 4 rings (SSSR count). The summed E-state index contributed by atoms with van der Waals surface area (Å²) in [6.07, 6.45) is 6.28. The lowest BCUT2D eigenvalue weighted by Crippen LogP contribution is -2.39. The summed E-state index contributed by atoms with van der Waals surface area (Å²) in [7, 11) is -3.28. The van der Waals surface area contributed by atoms with E-state index in [0.29, 0.717) is 30.6 Å². The molecule has 2 heterocycles. The lowest BCUT2D eigenvalue weighted by molar-refractivity contribution is 0.273. The molecule has 1 fully saturated rings. The van der Waals surface area contributed by atoms with Crippen molar-refractivity contribution in [3.8, 4) is 0 Å². The van der Waals surface area contributed by atoms with E-state index in [1.54, 1.807) is 22.5 Å². The van der Waals surface area contributed by atoms with E-state index in [9.17, 15) is 8.42 Å². The van der Waals surface area contributed by atoms with Gasteiger partial charge in [-0.1, -0.05) is 48.0 Å². The van der Waals surface area contributed by atoms with Crippen LogP contribution in [-0.4, -0.2) is 50.6 Å². The van der Waals surface area contributed by atoms with Crippen molar-refractivity contribution in [3.63, 3.8) is 0 Å². The van der Waals surface area contributed by atoms with Gasteiger partial charge >= 0.3 is 0 Å². The van der Waals surface area contributed by atoms with Crippen molar-refractivity contribution in [1.82, 2.24) is 4.31 Å². The molecule has 0 aliphatic carbocycles. The Hall–Kier alpha value is -2.15. The summed E-state index contributed by atoms with van der Waals surface area (Å²) in [5.74, 6) is 1.26. The minimum Gasteiger partial charge on any atom is -0.476 e. The van der Waals surface area contributed by atoms with Gasteiger partial charge in [-0.2, -0.15) is 0 Å². The van der Waals surface area contributed by atoms with E-state index in [1.165, 1.54) is 5.56 Å². The van der Waals surface area contributed by atoms with Crippen LogP contribution in [0.15, 0.2) is 59.6 Å². The first kappa shape index (κ1) is 22.1. The highest BCUT2D eigenvalue weighted by molar-refractivity contribution is 7.89. The maximum atomic E-state index is 12.7. The van der Waals surface area contributed by atoms with Gasteiger partial charge in [-0.15, -0.1) is 0 Å². The van der Waals surface area contributed by atoms with E-state index < -0.39 is 10.0 Å². The molecule has 2 aromatic rings. The zero-order chi connectivity index (χ0) is 21.7. The zero-order valence-corrected chi connectivity index (χ0v) is 19.0. The Morgan fingerprint density at radius 3 is 2.42 bits per heavy atom. The molecule has 5 nitrogen and oxygen atoms in total. The summed E-state index contributed by atoms with van der Waals surface area (Å²) in [4.78, 5) is 4.35. The fourth-order valence-electron chi connectivity index (χ4n) is 4.00. The number of aliphatic imine (C=N–C) groups is 1. The topological polar surface area (TPSA) is 59.0 Å². The quantitative estimate of drug-likeness (QED) is 0.617. The van der Waals surface area contributed by atoms with Crippen LogP contribution in [0.4, 0.5) is 0 Å². The number of benzene rings is 2. The molecule has 2 aliphatic rings. The normalized spacial score (nSPS) is 18.3. The van der Waals surface area contributed by atoms with E-state index in [-0.39, 0.29) is 5.75 Å². The minimum absolute atomic E-state index is 0.0215. The highest BCUT2D eigenvalue weighted by Gasteiger charge is 2.27. The SMILES string of the molecule is O=S(=O)(CC=Cc1ccc(Cl)cc1)N1CCC(Cc2ccc(C3=NCCO3)cc2)CC1. The fraction of sp³-hybridized carbons (Fsp3) is 0.375. The predicted molar refractivity (Wildman–Crippen MR) is 126 cm³/mol. The molecule has 0 saturated carbocycles. The number of halogens is 1. The number of ether oxygens (including phenoxy) is 1. The second kappa shape index (κ2) is 9.98. The smallest absolute Gasteiger partial charge is 0.217 e. The molecule has 1 saturated heterocycles. The summed E-state index contributed by atoms with van der Waals surface area (Å²) in [5, 5.41) is 0.667. The molecule has 2 aromatic carbocycles. The Bertz CT molecular complexity index is 1040. The van der Waals surface area contributed by atoms with Crippen molar-refractivity contribution in [3.05, 3.63) is 76.3 Å². The molecule has 0 bridgehead atoms. The molecular formula is C24H27ClN2O3S. The Morgan fingerprint density at radius 2 is 1.77 bits per heavy atom. The molecule has 164 valence electrons. The third kappa shape index (κ3) is 5.97. The molecule has 0 radical (unpaired) electrons. The van der Waals surface area contributed by atoms with Gasteiger partial charge in [0.05, 0.1) is 12.3 Å². The van der Waals surface area contributed by atoms with Crippen molar-refractivity contribution >= 4 is 33.6 Å². The highest BCUT2D eigenvalue weighted by Crippen LogP contribution is 2.24. The maximum Gasteiger partial charge on any atom is 0.217 e. The van der Waals surface area contributed by atoms with Gasteiger partial charge in [-0.05, 0) is 60.6 Å². The van der Waals surface area contributed by atoms with Crippen LogP contribution in [0.25, 0.3) is 6.08 Å². The predicted octanol–water partition coefficient (Wildman–Crippen LogP) is 4.41. The number of piperidine rings is 1. The highest BCUT2D eigenvalue weighted by atomic mass is 35.5. The molecular weight excluding hydrogens is 432 g/mol. The van der Waals surface area contributed by atoms with Crippen molar-refractivity contribution in [2.45, 2.75) is 19.3 Å². The van der Waals surface area contributed by atoms with E-state index >= 15 is 0 Å². The molecule has 0 N–H and O–H groups in total. The van der Waals surface area contributed by atoms with Crippen molar-refractivity contribution < 1.29 is 13.2 Å². The molecule has 0 amide bonds. The minimum atomic E-state index is -3.28. The standard InChI is InChI=1S/C24H27ClN2O3S/c25-23-9-5-19(6-10-23)2-1-17-31(28,29)27-14-11-21(12-15-27)18-20-3-7-22(8-4-20)24-26-13-16-30-24/h1-10,21H,11-18H2. The number of hydrogen-bond acceptors (Lipinski definition) is 4. The van der Waals surface area contributed by atoms with Gasteiger partial charge in [-0.25, -0.2) is 17.7 Å². The Labute approximate surface area is 189 Å². The average Bonchev–Trinajstić information content (AvgIpc) is 3.31. The fourth-order valence-corrected chi connectivity index (χ4v) is 5.45. The van der Waals surface area contributed by atoms with Crippen LogP contribution in [0.5, 0.6) is 0 Å². The van der Waals surface area contributed by atoms with Crippen LogP contribution in [0, 0.1) is 5.92 Å². The molecule has 2 aliphatic heterocycles. The van der Waals surface area contributed by atoms with Crippen molar-refractivity contribution in [2.75, 3.05) is 32.0 Å². The summed E-state index contributed by atoms with van der Waals surface area (Å²) < 4.78 is 32.5. The molecule has 31 heavy (non-hydrogen) atoms. The number of nitrogens with zero attached hydrogens (tertiary/aromatic N) is 2. The first-order valence-electron chi connectivity index (χ1n) is 10.7. The lowest BCUT2D eigenvalue weighted by atomic mass is 9.91. The van der Waals surface area contributed by atoms with Gasteiger partial charge in [0.2, 0.25) is 15.9 Å². The summed E-state index contributed by atoms with van der Waals surface area (Å²) in [6.45, 7) is 2.57. The van der Waals surface area contributed by atoms with Gasteiger partial charge in [0.15, 0.2) is 0 Å². The van der Waals surface area contributed by atoms with Gasteiger partial charge in [0.1, 0.15) is 6.61 Å². The van der Waals surface area contributed by atoms with Crippen molar-refractivity contribution in [2.24, 2.45) is 10.9 Å². The van der Waals surface area contributed by atoms with Crippen molar-refractivity contribution in [1.29, 1.82) is 0 Å². The number of hydrogen-bond donors (Lipinski definition) is 0. The van der Waals surface area contributed by atoms with Gasteiger partial charge in [0, 0.05) is 23.7 Å². The lowest BCUT2D eigenvalue weighted by Gasteiger charge is -2.31. The van der Waals surface area contributed by atoms with Gasteiger partial charge < -0.3 is 4.74 Å². The Kier molecular flexibility index (Phi) is 7.10. The van der Waals surface area contributed by atoms with Gasteiger partial charge in [0.25, 0.3) is 0 Å². The molecule has 0 unspecified atom stereocenters. The van der Waals surface area contributed by atoms with Crippen LogP contribution in [0.2, 0.25) is 5.02 Å². The molecule has 0 atom stereocenters. The van der Waals surface area contributed by atoms with Crippen LogP contribution in [-0.2, 0) is 21.2 Å². The summed E-state index contributed by atoms with van der Waals surface area (Å²) in [6, 6.07) is 15.7. The second-order valence-corrected chi connectivity index (χ2v) is 10.5. The average molecular weight is 459 g/mol. The van der Waals surface area contributed by atoms with E-state index in [0.717, 1.165) is 42.8 Å². The monoisotopic (exact) mass is 458 g/mol. The molecule has 0 aromatic heterocycles. The summed E-state index contributed by atoms with van der Waals surface area (Å²) in [5.41, 5.74) is 3.24. The summed E-state index contributed by atoms with van der Waals surface area (Å²) >= 11 is 5.88. The Morgan fingerprint density at radius 1 is 1.06 bits per heavy atom. The molecule has 7 heteroatoms. The maximum absolute atomic E-state index is 12.7. The zero-order valence-electron chi connectivity index (χ0n) is 17.4. The van der Waals surface area contributed by atoms with E-state index in [4.69, 9.17) is 16.3 Å². The number of rotatable bonds is 7. The third-order valence-corrected chi connectivity index (χ3v) is 7.78. The second-order valence-electron chi connectivity index (χ2n) is 8.01. The first-order chi connectivity index (χ1) is 15.0. The molecule has 0 spiro atoms. The van der Waals surface area contributed by atoms with Crippen LogP contribution in [0.3, 0.4) is 0 Å². The Balaban J connectivity index is 1.26. The van der Waals surface area contributed by atoms with Crippen LogP contribution in [0.1, 0.15) is 29.5 Å². The van der Waals surface area contributed by atoms with E-state index in [2.05, 4.69) is 29.3 Å².